The topological polar surface area (TPSA) is 46.6 Å². The molecule has 0 atom stereocenters. The molecule has 5 heteroatoms. The molecule has 0 amide bonds. The molecule has 0 aromatic heterocycles. The Morgan fingerprint density at radius 1 is 1.10 bits per heavy atom. The highest BCUT2D eigenvalue weighted by atomic mass is 32.2. The predicted octanol–water partition coefficient (Wildman–Crippen LogP) is 3.27. The zero-order valence-electron chi connectivity index (χ0n) is 13.3. The quantitative estimate of drug-likeness (QED) is 0.857. The first kappa shape index (κ1) is 16.3. The lowest BCUT2D eigenvalue weighted by molar-refractivity contribution is 0.285. The molecule has 1 aromatic rings. The Kier molecular flexibility index (Phi) is 4.94. The number of rotatable bonds is 4. The number of methoxy groups -OCH3 is 1. The van der Waals surface area contributed by atoms with Gasteiger partial charge >= 0.3 is 0 Å². The molecule has 0 aliphatic heterocycles. The van der Waals surface area contributed by atoms with Crippen LogP contribution < -0.4 is 4.74 Å². The molecule has 2 rings (SSSR count). The zero-order chi connectivity index (χ0) is 15.6. The lowest BCUT2D eigenvalue weighted by Gasteiger charge is -2.31. The van der Waals surface area contributed by atoms with Crippen LogP contribution in [0.3, 0.4) is 0 Å². The number of ether oxygens (including phenoxy) is 1. The standard InChI is InChI=1S/C16H25NO3S/c1-12-13(2)16(11-10-15(12)20-4)21(18,19)17(3)14-8-6-5-7-9-14/h10-11,14H,5-9H2,1-4H3. The average molecular weight is 311 g/mol. The monoisotopic (exact) mass is 311 g/mol. The Balaban J connectivity index is 2.37. The van der Waals surface area contributed by atoms with Gasteiger partial charge < -0.3 is 4.74 Å². The minimum atomic E-state index is -3.44. The predicted molar refractivity (Wildman–Crippen MR) is 84.3 cm³/mol. The Morgan fingerprint density at radius 2 is 1.71 bits per heavy atom. The van der Waals surface area contributed by atoms with Crippen LogP contribution in [-0.2, 0) is 10.0 Å². The number of hydrogen-bond donors (Lipinski definition) is 0. The van der Waals surface area contributed by atoms with Gasteiger partial charge in [0.2, 0.25) is 10.0 Å². The van der Waals surface area contributed by atoms with Gasteiger partial charge in [-0.25, -0.2) is 8.42 Å². The molecule has 0 radical (unpaired) electrons. The van der Waals surface area contributed by atoms with E-state index in [4.69, 9.17) is 4.74 Å². The third-order valence-corrected chi connectivity index (χ3v) is 6.71. The number of sulfonamides is 1. The molecule has 21 heavy (non-hydrogen) atoms. The van der Waals surface area contributed by atoms with Crippen LogP contribution in [0, 0.1) is 13.8 Å². The van der Waals surface area contributed by atoms with E-state index in [0.29, 0.717) is 4.90 Å². The minimum absolute atomic E-state index is 0.130. The molecule has 1 saturated carbocycles. The number of hydrogen-bond acceptors (Lipinski definition) is 3. The van der Waals surface area contributed by atoms with E-state index in [2.05, 4.69) is 0 Å². The lowest BCUT2D eigenvalue weighted by Crippen LogP contribution is -2.38. The largest absolute Gasteiger partial charge is 0.496 e. The first-order chi connectivity index (χ1) is 9.89. The highest BCUT2D eigenvalue weighted by molar-refractivity contribution is 7.89. The Labute approximate surface area is 128 Å². The second-order valence-corrected chi connectivity index (χ2v) is 7.79. The van der Waals surface area contributed by atoms with Crippen LogP contribution >= 0.6 is 0 Å². The van der Waals surface area contributed by atoms with E-state index < -0.39 is 10.0 Å². The van der Waals surface area contributed by atoms with E-state index in [1.807, 2.05) is 13.8 Å². The zero-order valence-corrected chi connectivity index (χ0v) is 14.2. The summed E-state index contributed by atoms with van der Waals surface area (Å²) >= 11 is 0. The Morgan fingerprint density at radius 3 is 2.29 bits per heavy atom. The van der Waals surface area contributed by atoms with Gasteiger partial charge in [0.1, 0.15) is 5.75 Å². The van der Waals surface area contributed by atoms with Gasteiger partial charge in [0.15, 0.2) is 0 Å². The molecule has 0 heterocycles. The van der Waals surface area contributed by atoms with Crippen LogP contribution in [0.5, 0.6) is 5.75 Å². The SMILES string of the molecule is COc1ccc(S(=O)(=O)N(C)C2CCCCC2)c(C)c1C. The average Bonchev–Trinajstić information content (AvgIpc) is 2.49. The molecule has 0 unspecified atom stereocenters. The number of nitrogens with zero attached hydrogens (tertiary/aromatic N) is 1. The van der Waals surface area contributed by atoms with Gasteiger partial charge in [-0.15, -0.1) is 0 Å². The first-order valence-corrected chi connectivity index (χ1v) is 8.96. The summed E-state index contributed by atoms with van der Waals surface area (Å²) in [7, 11) is -0.125. The van der Waals surface area contributed by atoms with E-state index in [0.717, 1.165) is 42.6 Å². The summed E-state index contributed by atoms with van der Waals surface area (Å²) < 4.78 is 32.6. The van der Waals surface area contributed by atoms with Crippen molar-refractivity contribution in [2.75, 3.05) is 14.2 Å². The van der Waals surface area contributed by atoms with Crippen molar-refractivity contribution in [2.45, 2.75) is 56.9 Å². The maximum atomic E-state index is 12.9. The molecule has 1 fully saturated rings. The maximum absolute atomic E-state index is 12.9. The normalized spacial score (nSPS) is 17.2. The Hall–Kier alpha value is -1.07. The molecule has 118 valence electrons. The number of benzene rings is 1. The van der Waals surface area contributed by atoms with Crippen LogP contribution in [0.4, 0.5) is 0 Å². The van der Waals surface area contributed by atoms with Crippen LogP contribution in [0.15, 0.2) is 17.0 Å². The van der Waals surface area contributed by atoms with Gasteiger partial charge in [-0.3, -0.25) is 0 Å². The third kappa shape index (κ3) is 3.09. The van der Waals surface area contributed by atoms with Crippen molar-refractivity contribution in [3.05, 3.63) is 23.3 Å². The van der Waals surface area contributed by atoms with Crippen molar-refractivity contribution in [2.24, 2.45) is 0 Å². The van der Waals surface area contributed by atoms with Crippen LogP contribution in [0.1, 0.15) is 43.2 Å². The van der Waals surface area contributed by atoms with Crippen molar-refractivity contribution >= 4 is 10.0 Å². The highest BCUT2D eigenvalue weighted by Crippen LogP contribution is 2.31. The van der Waals surface area contributed by atoms with Gasteiger partial charge in [-0.05, 0) is 49.9 Å². The van der Waals surface area contributed by atoms with E-state index in [1.165, 1.54) is 6.42 Å². The summed E-state index contributed by atoms with van der Waals surface area (Å²) in [6.07, 6.45) is 5.37. The first-order valence-electron chi connectivity index (χ1n) is 7.51. The fourth-order valence-electron chi connectivity index (χ4n) is 3.07. The van der Waals surface area contributed by atoms with Gasteiger partial charge in [0.25, 0.3) is 0 Å². The lowest BCUT2D eigenvalue weighted by atomic mass is 9.96. The minimum Gasteiger partial charge on any atom is -0.496 e. The van der Waals surface area contributed by atoms with Gasteiger partial charge in [-0.2, -0.15) is 4.31 Å². The van der Waals surface area contributed by atoms with Crippen molar-refractivity contribution in [3.63, 3.8) is 0 Å². The van der Waals surface area contributed by atoms with E-state index in [9.17, 15) is 8.42 Å². The summed E-state index contributed by atoms with van der Waals surface area (Å²) in [5.41, 5.74) is 1.66. The molecule has 1 aliphatic rings. The van der Waals surface area contributed by atoms with E-state index in [-0.39, 0.29) is 6.04 Å². The van der Waals surface area contributed by atoms with Crippen molar-refractivity contribution in [1.82, 2.24) is 4.31 Å². The van der Waals surface area contributed by atoms with Crippen molar-refractivity contribution in [3.8, 4) is 5.75 Å². The molecule has 0 spiro atoms. The van der Waals surface area contributed by atoms with E-state index >= 15 is 0 Å². The van der Waals surface area contributed by atoms with Crippen molar-refractivity contribution in [1.29, 1.82) is 0 Å². The molecule has 0 N–H and O–H groups in total. The smallest absolute Gasteiger partial charge is 0.243 e. The van der Waals surface area contributed by atoms with Crippen LogP contribution in [0.2, 0.25) is 0 Å². The Bertz CT molecular complexity index is 604. The summed E-state index contributed by atoms with van der Waals surface area (Å²) in [5.74, 6) is 0.728. The van der Waals surface area contributed by atoms with Crippen LogP contribution in [-0.4, -0.2) is 32.9 Å². The third-order valence-electron chi connectivity index (χ3n) is 4.65. The molecule has 1 aromatic carbocycles. The molecule has 1 aliphatic carbocycles. The summed E-state index contributed by atoms with van der Waals surface area (Å²) in [4.78, 5) is 0.397. The summed E-state index contributed by atoms with van der Waals surface area (Å²) in [6.45, 7) is 3.74. The molecular formula is C16H25NO3S. The summed E-state index contributed by atoms with van der Waals surface area (Å²) in [5, 5.41) is 0. The molecule has 4 nitrogen and oxygen atoms in total. The maximum Gasteiger partial charge on any atom is 0.243 e. The molecule has 0 bridgehead atoms. The fourth-order valence-corrected chi connectivity index (χ4v) is 4.76. The fraction of sp³-hybridized carbons (Fsp3) is 0.625. The summed E-state index contributed by atoms with van der Waals surface area (Å²) in [6, 6.07) is 3.53. The van der Waals surface area contributed by atoms with Crippen LogP contribution in [0.25, 0.3) is 0 Å². The highest BCUT2D eigenvalue weighted by Gasteiger charge is 2.30. The molecular weight excluding hydrogens is 286 g/mol. The molecule has 0 saturated heterocycles. The van der Waals surface area contributed by atoms with Gasteiger partial charge in [-0.1, -0.05) is 19.3 Å². The second-order valence-electron chi connectivity index (χ2n) is 5.83. The van der Waals surface area contributed by atoms with Gasteiger partial charge in [0, 0.05) is 13.1 Å². The van der Waals surface area contributed by atoms with Gasteiger partial charge in [0.05, 0.1) is 12.0 Å². The second kappa shape index (κ2) is 6.36. The van der Waals surface area contributed by atoms with Crippen molar-refractivity contribution < 1.29 is 13.2 Å². The van der Waals surface area contributed by atoms with E-state index in [1.54, 1.807) is 30.6 Å².